The molecule has 7 heteroatoms. The summed E-state index contributed by atoms with van der Waals surface area (Å²) in [6.07, 6.45) is 2.31. The monoisotopic (exact) mass is 421 g/mol. The van der Waals surface area contributed by atoms with Gasteiger partial charge in [0, 0.05) is 18.4 Å². The quantitative estimate of drug-likeness (QED) is 0.498. The summed E-state index contributed by atoms with van der Waals surface area (Å²) in [6, 6.07) is 16.6. The van der Waals surface area contributed by atoms with Gasteiger partial charge in [-0.1, -0.05) is 74.2 Å². The number of aromatic amines is 1. The van der Waals surface area contributed by atoms with Gasteiger partial charge >= 0.3 is 0 Å². The van der Waals surface area contributed by atoms with Gasteiger partial charge in [0.1, 0.15) is 0 Å². The predicted molar refractivity (Wildman–Crippen MR) is 122 cm³/mol. The minimum atomic E-state index is 0.516. The molecule has 0 saturated heterocycles. The Hall–Kier alpha value is -4.23. The van der Waals surface area contributed by atoms with Crippen LogP contribution in [0.25, 0.3) is 11.4 Å². The summed E-state index contributed by atoms with van der Waals surface area (Å²) in [4.78, 5) is 4.47. The maximum absolute atomic E-state index is 4.53. The van der Waals surface area contributed by atoms with Crippen molar-refractivity contribution in [2.45, 2.75) is 39.7 Å². The van der Waals surface area contributed by atoms with E-state index in [1.54, 1.807) is 0 Å². The van der Waals surface area contributed by atoms with Crippen molar-refractivity contribution in [3.63, 3.8) is 0 Å². The van der Waals surface area contributed by atoms with Crippen LogP contribution < -0.4 is 0 Å². The zero-order valence-corrected chi connectivity index (χ0v) is 18.1. The highest BCUT2D eigenvalue weighted by Gasteiger charge is 2.10. The van der Waals surface area contributed by atoms with Crippen LogP contribution in [0, 0.1) is 23.7 Å². The third-order valence-corrected chi connectivity index (χ3v) is 4.78. The Labute approximate surface area is 187 Å². The first-order valence-electron chi connectivity index (χ1n) is 10.6. The number of H-pyrrole nitrogens is 1. The van der Waals surface area contributed by atoms with Crippen LogP contribution in [0.15, 0.2) is 48.5 Å². The largest absolute Gasteiger partial charge is 0.233 e. The van der Waals surface area contributed by atoms with E-state index in [0.29, 0.717) is 24.0 Å². The first kappa shape index (κ1) is 21.0. The smallest absolute Gasteiger partial charge is 0.226 e. The molecule has 0 spiro atoms. The second kappa shape index (κ2) is 10.2. The van der Waals surface area contributed by atoms with Gasteiger partial charge in [0.05, 0.1) is 6.54 Å². The Morgan fingerprint density at radius 1 is 0.906 bits per heavy atom. The number of hydrogen-bond acceptors (Lipinski definition) is 5. The number of nitrogens with one attached hydrogen (secondary N) is 1. The molecule has 158 valence electrons. The summed E-state index contributed by atoms with van der Waals surface area (Å²) < 4.78 is 1.82. The lowest BCUT2D eigenvalue weighted by molar-refractivity contribution is 0.673. The molecule has 0 saturated carbocycles. The lowest BCUT2D eigenvalue weighted by Crippen LogP contribution is -2.05. The fourth-order valence-electron chi connectivity index (χ4n) is 3.26. The van der Waals surface area contributed by atoms with Gasteiger partial charge < -0.3 is 0 Å². The molecule has 0 fully saturated rings. The molecule has 0 aliphatic carbocycles. The molecule has 0 atom stereocenters. The van der Waals surface area contributed by atoms with Gasteiger partial charge in [0.25, 0.3) is 0 Å². The molecule has 7 nitrogen and oxygen atoms in total. The first-order chi connectivity index (χ1) is 15.8. The summed E-state index contributed by atoms with van der Waals surface area (Å²) in [7, 11) is 0. The third-order valence-electron chi connectivity index (χ3n) is 4.78. The molecule has 0 unspecified atom stereocenters. The van der Waals surface area contributed by atoms with Gasteiger partial charge in [-0.25, -0.2) is 4.68 Å². The zero-order chi connectivity index (χ0) is 22.2. The highest BCUT2D eigenvalue weighted by Crippen LogP contribution is 2.22. The lowest BCUT2D eigenvalue weighted by atomic mass is 9.98. The minimum Gasteiger partial charge on any atom is -0.233 e. The SMILES string of the molecule is CCC#Cc1nc(C#CCC)n(Cc2ccc(Cc3ccccc3-c3nn[nH]n3)cc2)n1. The van der Waals surface area contributed by atoms with E-state index in [4.69, 9.17) is 0 Å². The lowest BCUT2D eigenvalue weighted by Gasteiger charge is -2.08. The number of aromatic nitrogens is 7. The van der Waals surface area contributed by atoms with E-state index in [1.165, 1.54) is 5.56 Å². The summed E-state index contributed by atoms with van der Waals surface area (Å²) >= 11 is 0. The van der Waals surface area contributed by atoms with Crippen LogP contribution in [0.1, 0.15) is 55.0 Å². The van der Waals surface area contributed by atoms with Crippen LogP contribution >= 0.6 is 0 Å². The molecule has 0 aliphatic heterocycles. The van der Waals surface area contributed by atoms with E-state index in [2.05, 4.69) is 84.7 Å². The van der Waals surface area contributed by atoms with E-state index >= 15 is 0 Å². The summed E-state index contributed by atoms with van der Waals surface area (Å²) in [5, 5.41) is 19.0. The zero-order valence-electron chi connectivity index (χ0n) is 18.1. The minimum absolute atomic E-state index is 0.516. The Bertz CT molecular complexity index is 1290. The second-order valence-electron chi connectivity index (χ2n) is 7.11. The average molecular weight is 422 g/mol. The first-order valence-corrected chi connectivity index (χ1v) is 10.6. The fraction of sp³-hybridized carbons (Fsp3) is 0.240. The molecule has 0 bridgehead atoms. The maximum atomic E-state index is 4.53. The van der Waals surface area contributed by atoms with E-state index in [0.717, 1.165) is 36.0 Å². The molecule has 4 rings (SSSR count). The van der Waals surface area contributed by atoms with Crippen molar-refractivity contribution in [3.8, 4) is 35.1 Å². The molecule has 2 aromatic carbocycles. The van der Waals surface area contributed by atoms with Crippen LogP contribution in [-0.2, 0) is 13.0 Å². The molecule has 1 N–H and O–H groups in total. The molecular formula is C25H23N7. The van der Waals surface area contributed by atoms with Crippen molar-refractivity contribution in [2.75, 3.05) is 0 Å². The number of hydrogen-bond donors (Lipinski definition) is 1. The summed E-state index contributed by atoms with van der Waals surface area (Å²) in [6.45, 7) is 4.61. The predicted octanol–water partition coefficient (Wildman–Crippen LogP) is 3.62. The van der Waals surface area contributed by atoms with Crippen LogP contribution in [-0.4, -0.2) is 35.4 Å². The van der Waals surface area contributed by atoms with Crippen molar-refractivity contribution in [1.82, 2.24) is 35.4 Å². The standard InChI is InChI=1S/C25H23N7/c1-3-5-11-23-26-24(12-6-4-2)32(29-23)18-20-15-13-19(14-16-20)17-21-9-7-8-10-22(21)25-27-30-31-28-25/h7-10,13-16H,3-4,17-18H2,1-2H3,(H,27,28,30,31). The average Bonchev–Trinajstić information content (AvgIpc) is 3.48. The number of tetrazole rings is 1. The van der Waals surface area contributed by atoms with Gasteiger partial charge in [0.15, 0.2) is 0 Å². The van der Waals surface area contributed by atoms with E-state index in [1.807, 2.05) is 36.7 Å². The molecule has 2 aromatic heterocycles. The van der Waals surface area contributed by atoms with Gasteiger partial charge in [-0.15, -0.1) is 15.3 Å². The highest BCUT2D eigenvalue weighted by molar-refractivity contribution is 5.60. The normalized spacial score (nSPS) is 10.2. The summed E-state index contributed by atoms with van der Waals surface area (Å²) in [5.41, 5.74) is 4.45. The van der Waals surface area contributed by atoms with Crippen LogP contribution in [0.3, 0.4) is 0 Å². The number of rotatable bonds is 5. The molecule has 0 radical (unpaired) electrons. The van der Waals surface area contributed by atoms with E-state index in [9.17, 15) is 0 Å². The summed E-state index contributed by atoms with van der Waals surface area (Å²) in [5.74, 6) is 13.9. The van der Waals surface area contributed by atoms with Crippen LogP contribution in [0.5, 0.6) is 0 Å². The van der Waals surface area contributed by atoms with Gasteiger partial charge in [-0.05, 0) is 40.2 Å². The maximum Gasteiger partial charge on any atom is 0.226 e. The van der Waals surface area contributed by atoms with E-state index in [-0.39, 0.29) is 0 Å². The highest BCUT2D eigenvalue weighted by atomic mass is 15.5. The Morgan fingerprint density at radius 2 is 1.66 bits per heavy atom. The van der Waals surface area contributed by atoms with Crippen molar-refractivity contribution >= 4 is 0 Å². The van der Waals surface area contributed by atoms with Crippen LogP contribution in [0.2, 0.25) is 0 Å². The Morgan fingerprint density at radius 3 is 2.41 bits per heavy atom. The van der Waals surface area contributed by atoms with Gasteiger partial charge in [-0.3, -0.25) is 0 Å². The fourth-order valence-corrected chi connectivity index (χ4v) is 3.26. The topological polar surface area (TPSA) is 85.2 Å². The van der Waals surface area contributed by atoms with Crippen molar-refractivity contribution in [2.24, 2.45) is 0 Å². The molecule has 0 aliphatic rings. The number of nitrogens with zero attached hydrogens (tertiary/aromatic N) is 6. The van der Waals surface area contributed by atoms with Crippen molar-refractivity contribution in [3.05, 3.63) is 76.9 Å². The van der Waals surface area contributed by atoms with Crippen molar-refractivity contribution in [1.29, 1.82) is 0 Å². The molecule has 4 aromatic rings. The second-order valence-corrected chi connectivity index (χ2v) is 7.11. The van der Waals surface area contributed by atoms with Gasteiger partial charge in [0.2, 0.25) is 17.5 Å². The molecular weight excluding hydrogens is 398 g/mol. The van der Waals surface area contributed by atoms with E-state index < -0.39 is 0 Å². The third kappa shape index (κ3) is 5.08. The Balaban J connectivity index is 1.53. The molecule has 0 amide bonds. The molecule has 32 heavy (non-hydrogen) atoms. The number of benzene rings is 2. The Kier molecular flexibility index (Phi) is 6.69. The molecule has 2 heterocycles. The van der Waals surface area contributed by atoms with Gasteiger partial charge in [-0.2, -0.15) is 10.2 Å². The van der Waals surface area contributed by atoms with Crippen molar-refractivity contribution < 1.29 is 0 Å². The van der Waals surface area contributed by atoms with Crippen LogP contribution in [0.4, 0.5) is 0 Å².